The number of hydroxylamine groups is 2. The van der Waals surface area contributed by atoms with Crippen LogP contribution in [0, 0.1) is 5.92 Å². The summed E-state index contributed by atoms with van der Waals surface area (Å²) in [6, 6.07) is 0. The Morgan fingerprint density at radius 3 is 2.12 bits per heavy atom. The van der Waals surface area contributed by atoms with Crippen LogP contribution in [0.25, 0.3) is 0 Å². The van der Waals surface area contributed by atoms with Crippen molar-refractivity contribution in [2.24, 2.45) is 5.92 Å². The predicted molar refractivity (Wildman–Crippen MR) is 30.2 cm³/mol. The quantitative estimate of drug-likeness (QED) is 0.457. The van der Waals surface area contributed by atoms with Crippen LogP contribution in [0.5, 0.6) is 0 Å². The number of hydrogen-bond acceptors (Lipinski definition) is 2. The summed E-state index contributed by atoms with van der Waals surface area (Å²) in [7, 11) is 0. The van der Waals surface area contributed by atoms with E-state index in [2.05, 4.69) is 5.06 Å². The number of nitrogens with zero attached hydrogens (tertiary/aromatic N) is 1. The molecule has 0 aromatic heterocycles. The van der Waals surface area contributed by atoms with E-state index >= 15 is 0 Å². The largest absolute Gasteiger partial charge is 0.299 e. The molecule has 0 radical (unpaired) electrons. The van der Waals surface area contributed by atoms with Gasteiger partial charge in [0.05, 0.1) is 6.61 Å². The molecule has 3 fully saturated rings. The second-order valence-electron chi connectivity index (χ2n) is 2.67. The van der Waals surface area contributed by atoms with Gasteiger partial charge < -0.3 is 0 Å². The van der Waals surface area contributed by atoms with Gasteiger partial charge in [-0.1, -0.05) is 0 Å². The molecule has 0 atom stereocenters. The predicted octanol–water partition coefficient (Wildman–Crippen LogP) is 0.644. The van der Waals surface area contributed by atoms with Gasteiger partial charge in [0.15, 0.2) is 0 Å². The average Bonchev–Trinajstić information content (AvgIpc) is 1.92. The van der Waals surface area contributed by atoms with Gasteiger partial charge >= 0.3 is 0 Å². The fourth-order valence-corrected chi connectivity index (χ4v) is 1.42. The van der Waals surface area contributed by atoms with E-state index in [0.29, 0.717) is 0 Å². The Morgan fingerprint density at radius 1 is 1.25 bits per heavy atom. The molecule has 2 bridgehead atoms. The Morgan fingerprint density at radius 2 is 2.00 bits per heavy atom. The second-order valence-corrected chi connectivity index (χ2v) is 2.67. The van der Waals surface area contributed by atoms with Gasteiger partial charge in [-0.15, -0.1) is 0 Å². The van der Waals surface area contributed by atoms with Crippen molar-refractivity contribution in [2.75, 3.05) is 19.7 Å². The monoisotopic (exact) mass is 113 g/mol. The van der Waals surface area contributed by atoms with Crippen molar-refractivity contribution >= 4 is 0 Å². The van der Waals surface area contributed by atoms with Crippen molar-refractivity contribution in [3.8, 4) is 0 Å². The zero-order chi connectivity index (χ0) is 5.40. The van der Waals surface area contributed by atoms with E-state index in [0.717, 1.165) is 12.5 Å². The minimum absolute atomic E-state index is 0.889. The summed E-state index contributed by atoms with van der Waals surface area (Å²) in [6.45, 7) is 3.33. The van der Waals surface area contributed by atoms with Gasteiger partial charge in [0.25, 0.3) is 0 Å². The molecule has 0 unspecified atom stereocenters. The summed E-state index contributed by atoms with van der Waals surface area (Å²) in [6.07, 6.45) is 2.72. The first-order chi connectivity index (χ1) is 3.95. The van der Waals surface area contributed by atoms with Gasteiger partial charge in [0.2, 0.25) is 0 Å². The topological polar surface area (TPSA) is 12.5 Å². The van der Waals surface area contributed by atoms with Crippen LogP contribution in [0.4, 0.5) is 0 Å². The molecule has 3 aliphatic rings. The number of hydrogen-bond donors (Lipinski definition) is 0. The summed E-state index contributed by atoms with van der Waals surface area (Å²) in [5.74, 6) is 0.889. The van der Waals surface area contributed by atoms with E-state index in [1.165, 1.54) is 25.9 Å². The summed E-state index contributed by atoms with van der Waals surface area (Å²) in [5.41, 5.74) is 0. The fourth-order valence-electron chi connectivity index (χ4n) is 1.42. The first-order valence-electron chi connectivity index (χ1n) is 3.33. The molecule has 0 amide bonds. The maximum atomic E-state index is 5.31. The lowest BCUT2D eigenvalue weighted by Crippen LogP contribution is -2.42. The van der Waals surface area contributed by atoms with Gasteiger partial charge in [-0.2, -0.15) is 5.06 Å². The first kappa shape index (κ1) is 4.77. The fraction of sp³-hybridized carbons (Fsp3) is 1.00. The molecule has 0 N–H and O–H groups in total. The van der Waals surface area contributed by atoms with E-state index in [9.17, 15) is 0 Å². The highest BCUT2D eigenvalue weighted by Crippen LogP contribution is 2.23. The molecule has 3 aliphatic heterocycles. The summed E-state index contributed by atoms with van der Waals surface area (Å²) in [4.78, 5) is 5.31. The smallest absolute Gasteiger partial charge is 0.0714 e. The maximum Gasteiger partial charge on any atom is 0.0714 e. The SMILES string of the molecule is C1CN2CCC1CO2. The molecule has 46 valence electrons. The standard InChI is InChI=1S/C6H11NO/c1-3-7-4-2-6(1)5-8-7/h6H,1-5H2. The number of rotatable bonds is 0. The van der Waals surface area contributed by atoms with Crippen molar-refractivity contribution in [3.05, 3.63) is 0 Å². The molecule has 2 heteroatoms. The molecule has 3 saturated heterocycles. The molecule has 2 nitrogen and oxygen atoms in total. The van der Waals surface area contributed by atoms with Gasteiger partial charge in [0, 0.05) is 13.1 Å². The number of fused-ring (bicyclic) bond motifs is 3. The Kier molecular flexibility index (Phi) is 1.02. The third-order valence-corrected chi connectivity index (χ3v) is 2.07. The molecule has 8 heavy (non-hydrogen) atoms. The van der Waals surface area contributed by atoms with E-state index in [4.69, 9.17) is 4.84 Å². The van der Waals surface area contributed by atoms with Crippen LogP contribution in [0.15, 0.2) is 0 Å². The molecule has 0 saturated carbocycles. The van der Waals surface area contributed by atoms with Gasteiger partial charge in [-0.05, 0) is 18.8 Å². The van der Waals surface area contributed by atoms with Crippen LogP contribution in [0.2, 0.25) is 0 Å². The molecule has 3 rings (SSSR count). The molecule has 3 heterocycles. The van der Waals surface area contributed by atoms with Gasteiger partial charge in [0.1, 0.15) is 0 Å². The lowest BCUT2D eigenvalue weighted by atomic mass is 9.98. The normalized spacial score (nSPS) is 45.0. The van der Waals surface area contributed by atoms with Crippen LogP contribution in [-0.4, -0.2) is 24.8 Å². The van der Waals surface area contributed by atoms with Crippen molar-refractivity contribution in [1.82, 2.24) is 5.06 Å². The molecule has 0 aliphatic carbocycles. The van der Waals surface area contributed by atoms with Crippen LogP contribution < -0.4 is 0 Å². The Labute approximate surface area is 49.4 Å². The van der Waals surface area contributed by atoms with Gasteiger partial charge in [-0.3, -0.25) is 4.84 Å². The molecule has 0 spiro atoms. The van der Waals surface area contributed by atoms with E-state index < -0.39 is 0 Å². The van der Waals surface area contributed by atoms with Crippen molar-refractivity contribution in [2.45, 2.75) is 12.8 Å². The third-order valence-electron chi connectivity index (χ3n) is 2.07. The van der Waals surface area contributed by atoms with Crippen molar-refractivity contribution < 1.29 is 4.84 Å². The maximum absolute atomic E-state index is 5.31. The summed E-state index contributed by atoms with van der Waals surface area (Å²) < 4.78 is 0. The zero-order valence-corrected chi connectivity index (χ0v) is 4.97. The van der Waals surface area contributed by atoms with E-state index in [1.807, 2.05) is 0 Å². The molecular formula is C6H11NO. The van der Waals surface area contributed by atoms with Gasteiger partial charge in [-0.25, -0.2) is 0 Å². The Balaban J connectivity index is 2.03. The van der Waals surface area contributed by atoms with E-state index in [1.54, 1.807) is 0 Å². The highest BCUT2D eigenvalue weighted by atomic mass is 16.7. The van der Waals surface area contributed by atoms with Crippen molar-refractivity contribution in [1.29, 1.82) is 0 Å². The van der Waals surface area contributed by atoms with E-state index in [-0.39, 0.29) is 0 Å². The summed E-state index contributed by atoms with van der Waals surface area (Å²) in [5, 5.41) is 2.08. The van der Waals surface area contributed by atoms with Crippen LogP contribution in [-0.2, 0) is 4.84 Å². The summed E-state index contributed by atoms with van der Waals surface area (Å²) >= 11 is 0. The highest BCUT2D eigenvalue weighted by molar-refractivity contribution is 4.71. The first-order valence-corrected chi connectivity index (χ1v) is 3.33. The lowest BCUT2D eigenvalue weighted by molar-refractivity contribution is -0.228. The minimum atomic E-state index is 0.889. The van der Waals surface area contributed by atoms with Crippen LogP contribution in [0.3, 0.4) is 0 Å². The average molecular weight is 113 g/mol. The minimum Gasteiger partial charge on any atom is -0.299 e. The third kappa shape index (κ3) is 0.644. The molecule has 0 aromatic rings. The van der Waals surface area contributed by atoms with Crippen LogP contribution in [0.1, 0.15) is 12.8 Å². The second kappa shape index (κ2) is 1.71. The Bertz CT molecular complexity index is 63.5. The number of piperidine rings is 1. The van der Waals surface area contributed by atoms with Crippen molar-refractivity contribution in [3.63, 3.8) is 0 Å². The lowest BCUT2D eigenvalue weighted by Gasteiger charge is -2.37. The Hall–Kier alpha value is -0.0800. The van der Waals surface area contributed by atoms with Crippen LogP contribution >= 0.6 is 0 Å². The zero-order valence-electron chi connectivity index (χ0n) is 4.97. The highest BCUT2D eigenvalue weighted by Gasteiger charge is 2.25. The molecule has 0 aromatic carbocycles. The molecular weight excluding hydrogens is 102 g/mol.